The number of rotatable bonds is 10. The second kappa shape index (κ2) is 16.9. The van der Waals surface area contributed by atoms with Crippen molar-refractivity contribution in [3.05, 3.63) is 46.5 Å². The number of carbonyl (C=O) groups is 5. The molecule has 0 unspecified atom stereocenters. The standard InChI is InChI=1S/C19H17N5O7S3.C6H12O3.ClH/c1-30-23-11(9-7-34-19(20)21-9)14(25)22-12-15(26)24-13(17(27)28)8(5-32-16(12)24)6-33-18(29)10-3-2-4-31-10;1-4-8-6(7)9-5(2)3;/h2-4,7,12,16H,5-6H2,1H3,(H2,20,21)(H,22,25)(H,27,28);5H,4H2,1-3H3;1H/b23-11-;;/t12-,16-;;/m1../s1. The van der Waals surface area contributed by atoms with Gasteiger partial charge in [0.05, 0.1) is 19.0 Å². The molecule has 240 valence electrons. The third kappa shape index (κ3) is 9.13. The van der Waals surface area contributed by atoms with Crippen LogP contribution in [0.5, 0.6) is 0 Å². The van der Waals surface area contributed by atoms with Crippen LogP contribution in [-0.4, -0.2) is 92.5 Å². The number of halogens is 1. The summed E-state index contributed by atoms with van der Waals surface area (Å²) in [7, 11) is 1.26. The van der Waals surface area contributed by atoms with Crippen LogP contribution in [0.3, 0.4) is 0 Å². The van der Waals surface area contributed by atoms with Gasteiger partial charge in [0.15, 0.2) is 16.6 Å². The third-order valence-corrected chi connectivity index (χ3v) is 8.36. The SMILES string of the molecule is CCOC(=O)OC(C)C.CO/N=C(\C(=O)N[C@@H]1C(=O)N2C(C(=O)O)=C(CSC(=O)c3ccco3)CS[C@H]12)c1csc(N)n1.Cl. The van der Waals surface area contributed by atoms with Crippen LogP contribution < -0.4 is 11.1 Å². The van der Waals surface area contributed by atoms with Crippen molar-refractivity contribution in [2.75, 3.05) is 31.0 Å². The number of aromatic nitrogens is 1. The summed E-state index contributed by atoms with van der Waals surface area (Å²) in [6.45, 7) is 5.65. The lowest BCUT2D eigenvalue weighted by Crippen LogP contribution is -2.71. The van der Waals surface area contributed by atoms with E-state index in [0.717, 1.165) is 28.0 Å². The molecule has 0 saturated carbocycles. The second-order valence-corrected chi connectivity index (χ2v) is 11.7. The molecule has 2 aliphatic heterocycles. The van der Waals surface area contributed by atoms with Crippen LogP contribution in [0, 0.1) is 0 Å². The minimum absolute atomic E-state index is 0. The number of carboxylic acids is 1. The molecule has 4 heterocycles. The number of hydrogen-bond donors (Lipinski definition) is 3. The van der Waals surface area contributed by atoms with Crippen molar-refractivity contribution in [3.63, 3.8) is 0 Å². The number of nitrogen functional groups attached to an aromatic ring is 1. The number of carboxylic acid groups (broad SMARTS) is 1. The fourth-order valence-electron chi connectivity index (χ4n) is 3.66. The highest BCUT2D eigenvalue weighted by molar-refractivity contribution is 8.14. The zero-order chi connectivity index (χ0) is 31.7. The summed E-state index contributed by atoms with van der Waals surface area (Å²) < 4.78 is 14.2. The zero-order valence-electron chi connectivity index (χ0n) is 23.8. The van der Waals surface area contributed by atoms with Crippen LogP contribution in [-0.2, 0) is 28.7 Å². The molecule has 2 amide bonds. The van der Waals surface area contributed by atoms with Crippen molar-refractivity contribution >= 4 is 87.2 Å². The first-order chi connectivity index (χ1) is 20.5. The quantitative estimate of drug-likeness (QED) is 0.141. The van der Waals surface area contributed by atoms with Crippen molar-refractivity contribution in [2.24, 2.45) is 5.16 Å². The van der Waals surface area contributed by atoms with Crippen LogP contribution in [0.1, 0.15) is 37.0 Å². The average molecular weight is 692 g/mol. The van der Waals surface area contributed by atoms with E-state index < -0.39 is 35.4 Å². The maximum absolute atomic E-state index is 12.8. The molecule has 2 aromatic rings. The number of ether oxygens (including phenoxy) is 2. The van der Waals surface area contributed by atoms with Gasteiger partial charge in [-0.05, 0) is 38.5 Å². The Balaban J connectivity index is 0.000000589. The van der Waals surface area contributed by atoms with Crippen molar-refractivity contribution in [1.29, 1.82) is 0 Å². The van der Waals surface area contributed by atoms with Gasteiger partial charge in [0.25, 0.3) is 16.9 Å². The fourth-order valence-corrected chi connectivity index (χ4v) is 6.48. The van der Waals surface area contributed by atoms with Gasteiger partial charge in [-0.2, -0.15) is 0 Å². The molecule has 0 aromatic carbocycles. The van der Waals surface area contributed by atoms with Crippen molar-refractivity contribution in [2.45, 2.75) is 38.3 Å². The molecule has 0 spiro atoms. The predicted molar refractivity (Wildman–Crippen MR) is 166 cm³/mol. The molecule has 0 radical (unpaired) electrons. The topological polar surface area (TPSA) is 213 Å². The van der Waals surface area contributed by atoms with Gasteiger partial charge in [0, 0.05) is 16.9 Å². The van der Waals surface area contributed by atoms with E-state index in [1.807, 2.05) is 0 Å². The Morgan fingerprint density at radius 1 is 1.34 bits per heavy atom. The van der Waals surface area contributed by atoms with E-state index in [-0.39, 0.29) is 63.1 Å². The second-order valence-electron chi connectivity index (χ2n) is 8.71. The highest BCUT2D eigenvalue weighted by Gasteiger charge is 2.54. The normalized spacial score (nSPS) is 17.3. The molecule has 15 nitrogen and oxygen atoms in total. The highest BCUT2D eigenvalue weighted by atomic mass is 35.5. The molecule has 1 fully saturated rings. The monoisotopic (exact) mass is 691 g/mol. The number of thioether (sulfide) groups is 2. The van der Waals surface area contributed by atoms with E-state index in [2.05, 4.69) is 24.9 Å². The van der Waals surface area contributed by atoms with Crippen LogP contribution in [0.4, 0.5) is 9.93 Å². The molecule has 2 aliphatic rings. The minimum atomic E-state index is -1.29. The number of thiazole rings is 1. The van der Waals surface area contributed by atoms with Gasteiger partial charge in [0.2, 0.25) is 0 Å². The summed E-state index contributed by atoms with van der Waals surface area (Å²) in [6.07, 6.45) is 0.687. The number of nitrogens with two attached hydrogens (primary N) is 1. The first-order valence-corrected chi connectivity index (χ1v) is 15.5. The number of nitrogens with zero attached hydrogens (tertiary/aromatic N) is 3. The number of amides is 2. The lowest BCUT2D eigenvalue weighted by molar-refractivity contribution is -0.150. The molecule has 0 bridgehead atoms. The van der Waals surface area contributed by atoms with Gasteiger partial charge in [-0.3, -0.25) is 19.3 Å². The number of carbonyl (C=O) groups excluding carboxylic acids is 4. The third-order valence-electron chi connectivity index (χ3n) is 5.39. The van der Waals surface area contributed by atoms with Crippen molar-refractivity contribution in [3.8, 4) is 0 Å². The Morgan fingerprint density at radius 3 is 2.61 bits per heavy atom. The molecular weight excluding hydrogens is 662 g/mol. The largest absolute Gasteiger partial charge is 0.508 e. The number of β-lactam (4-membered cyclic amide) rings is 1. The fraction of sp³-hybridized carbons (Fsp3) is 0.400. The molecule has 4 N–H and O–H groups in total. The van der Waals surface area contributed by atoms with E-state index in [4.69, 9.17) is 15.0 Å². The van der Waals surface area contributed by atoms with Gasteiger partial charge in [0.1, 0.15) is 29.9 Å². The van der Waals surface area contributed by atoms with Gasteiger partial charge in [-0.15, -0.1) is 35.5 Å². The van der Waals surface area contributed by atoms with Crippen LogP contribution in [0.25, 0.3) is 0 Å². The summed E-state index contributed by atoms with van der Waals surface area (Å²) in [4.78, 5) is 70.0. The van der Waals surface area contributed by atoms with E-state index in [1.165, 1.54) is 36.6 Å². The Bertz CT molecular complexity index is 1410. The number of anilines is 1. The number of oxime groups is 1. The number of fused-ring (bicyclic) bond motifs is 1. The van der Waals surface area contributed by atoms with E-state index in [9.17, 15) is 29.1 Å². The Morgan fingerprint density at radius 2 is 2.07 bits per heavy atom. The minimum Gasteiger partial charge on any atom is -0.477 e. The maximum Gasteiger partial charge on any atom is 0.508 e. The predicted octanol–water partition coefficient (Wildman–Crippen LogP) is 2.97. The average Bonchev–Trinajstić information content (AvgIpc) is 3.65. The van der Waals surface area contributed by atoms with Gasteiger partial charge < -0.3 is 34.9 Å². The molecule has 2 aromatic heterocycles. The van der Waals surface area contributed by atoms with Gasteiger partial charge in [-0.1, -0.05) is 16.9 Å². The lowest BCUT2D eigenvalue weighted by atomic mass is 10.0. The van der Waals surface area contributed by atoms with E-state index >= 15 is 0 Å². The number of hydrogen-bond acceptors (Lipinski definition) is 15. The summed E-state index contributed by atoms with van der Waals surface area (Å²) >= 11 is 3.29. The maximum atomic E-state index is 12.8. The first-order valence-electron chi connectivity index (χ1n) is 12.6. The van der Waals surface area contributed by atoms with Crippen LogP contribution in [0.15, 0.2) is 44.6 Å². The zero-order valence-corrected chi connectivity index (χ0v) is 27.1. The van der Waals surface area contributed by atoms with Crippen molar-refractivity contribution < 1.29 is 47.8 Å². The lowest BCUT2D eigenvalue weighted by Gasteiger charge is -2.49. The van der Waals surface area contributed by atoms with E-state index in [0.29, 0.717) is 12.2 Å². The molecule has 44 heavy (non-hydrogen) atoms. The van der Waals surface area contributed by atoms with Crippen LogP contribution in [0.2, 0.25) is 0 Å². The molecule has 4 rings (SSSR count). The number of furan rings is 1. The molecule has 0 aliphatic carbocycles. The van der Waals surface area contributed by atoms with Crippen LogP contribution >= 0.6 is 47.3 Å². The summed E-state index contributed by atoms with van der Waals surface area (Å²) in [5.74, 6) is -2.08. The number of nitrogens with one attached hydrogen (secondary N) is 1. The Labute approximate surface area is 270 Å². The number of aliphatic carboxylic acids is 1. The first kappa shape index (κ1) is 36.5. The molecular formula is C25H30ClN5O10S3. The van der Waals surface area contributed by atoms with Gasteiger partial charge in [-0.25, -0.2) is 14.6 Å². The summed E-state index contributed by atoms with van der Waals surface area (Å²) in [5, 5.41) is 16.8. The van der Waals surface area contributed by atoms with E-state index in [1.54, 1.807) is 26.8 Å². The smallest absolute Gasteiger partial charge is 0.477 e. The summed E-state index contributed by atoms with van der Waals surface area (Å²) in [6, 6.07) is 2.13. The Kier molecular flexibility index (Phi) is 14.0. The Hall–Kier alpha value is -3.74. The molecule has 2 atom stereocenters. The van der Waals surface area contributed by atoms with Gasteiger partial charge >= 0.3 is 12.1 Å². The highest BCUT2D eigenvalue weighted by Crippen LogP contribution is 2.41. The summed E-state index contributed by atoms with van der Waals surface area (Å²) in [5.41, 5.74) is 5.89. The van der Waals surface area contributed by atoms with Crippen molar-refractivity contribution in [1.82, 2.24) is 15.2 Å². The molecule has 1 saturated heterocycles. The molecule has 19 heteroatoms.